The maximum Gasteiger partial charge on any atom is 0.387 e. The summed E-state index contributed by atoms with van der Waals surface area (Å²) < 4.78 is 47.5. The van der Waals surface area contributed by atoms with Gasteiger partial charge >= 0.3 is 6.61 Å². The van der Waals surface area contributed by atoms with Gasteiger partial charge in [0.2, 0.25) is 5.91 Å². The summed E-state index contributed by atoms with van der Waals surface area (Å²) >= 11 is 0. The van der Waals surface area contributed by atoms with E-state index in [0.29, 0.717) is 5.56 Å². The van der Waals surface area contributed by atoms with Crippen LogP contribution >= 0.6 is 0 Å². The number of rotatable bonds is 8. The monoisotopic (exact) mass is 379 g/mol. The van der Waals surface area contributed by atoms with Gasteiger partial charge in [-0.15, -0.1) is 0 Å². The fourth-order valence-electron chi connectivity index (χ4n) is 2.36. The standard InChI is InChI=1S/C20H20F3NO3/c1-3-26-18-12-14(4-10-17(18)27-20(22)23)5-11-19(25)24-13(2)15-6-8-16(21)9-7-15/h4-13,20H,3H2,1-2H3,(H,24,25)/b11-5+. The number of carbonyl (C=O) groups is 1. The highest BCUT2D eigenvalue weighted by Gasteiger charge is 2.11. The molecule has 0 fully saturated rings. The molecule has 0 aliphatic heterocycles. The van der Waals surface area contributed by atoms with Crippen LogP contribution in [0.3, 0.4) is 0 Å². The molecule has 144 valence electrons. The molecule has 7 heteroatoms. The Morgan fingerprint density at radius 3 is 2.48 bits per heavy atom. The first-order chi connectivity index (χ1) is 12.9. The Morgan fingerprint density at radius 1 is 1.15 bits per heavy atom. The second-order valence-corrected chi connectivity index (χ2v) is 5.63. The van der Waals surface area contributed by atoms with Crippen LogP contribution in [-0.4, -0.2) is 19.1 Å². The smallest absolute Gasteiger partial charge is 0.387 e. The van der Waals surface area contributed by atoms with Crippen molar-refractivity contribution >= 4 is 12.0 Å². The van der Waals surface area contributed by atoms with Crippen molar-refractivity contribution in [2.24, 2.45) is 0 Å². The molecule has 0 heterocycles. The molecular formula is C20H20F3NO3. The third-order valence-electron chi connectivity index (χ3n) is 3.64. The number of alkyl halides is 2. The van der Waals surface area contributed by atoms with E-state index < -0.39 is 6.61 Å². The third kappa shape index (κ3) is 6.36. The van der Waals surface area contributed by atoms with E-state index in [4.69, 9.17) is 4.74 Å². The van der Waals surface area contributed by atoms with E-state index in [9.17, 15) is 18.0 Å². The Kier molecular flexibility index (Phi) is 7.28. The minimum atomic E-state index is -2.95. The molecule has 0 aliphatic carbocycles. The zero-order valence-corrected chi connectivity index (χ0v) is 14.9. The molecule has 0 aromatic heterocycles. The van der Waals surface area contributed by atoms with Gasteiger partial charge in [0.15, 0.2) is 11.5 Å². The van der Waals surface area contributed by atoms with Crippen LogP contribution in [0.15, 0.2) is 48.5 Å². The van der Waals surface area contributed by atoms with E-state index in [0.717, 1.165) is 5.56 Å². The molecule has 0 spiro atoms. The van der Waals surface area contributed by atoms with Crippen molar-refractivity contribution in [3.05, 3.63) is 65.5 Å². The summed E-state index contributed by atoms with van der Waals surface area (Å²) in [6, 6.07) is 9.94. The average molecular weight is 379 g/mol. The highest BCUT2D eigenvalue weighted by molar-refractivity contribution is 5.92. The van der Waals surface area contributed by atoms with Crippen molar-refractivity contribution < 1.29 is 27.4 Å². The number of hydrogen-bond acceptors (Lipinski definition) is 3. The zero-order valence-electron chi connectivity index (χ0n) is 14.9. The first-order valence-electron chi connectivity index (χ1n) is 8.34. The summed E-state index contributed by atoms with van der Waals surface area (Å²) in [5.74, 6) is -0.599. The average Bonchev–Trinajstić information content (AvgIpc) is 2.62. The molecule has 0 bridgehead atoms. The lowest BCUT2D eigenvalue weighted by atomic mass is 10.1. The minimum Gasteiger partial charge on any atom is -0.490 e. The SMILES string of the molecule is CCOc1cc(/C=C/C(=O)NC(C)c2ccc(F)cc2)ccc1OC(F)F. The van der Waals surface area contributed by atoms with Gasteiger partial charge in [0.05, 0.1) is 12.6 Å². The van der Waals surface area contributed by atoms with Gasteiger partial charge in [-0.05, 0) is 55.3 Å². The van der Waals surface area contributed by atoms with Crippen molar-refractivity contribution in [1.82, 2.24) is 5.32 Å². The maximum atomic E-state index is 12.9. The molecule has 2 aromatic rings. The fraction of sp³-hybridized carbons (Fsp3) is 0.250. The van der Waals surface area contributed by atoms with Gasteiger partial charge in [-0.25, -0.2) is 4.39 Å². The number of ether oxygens (including phenoxy) is 2. The number of nitrogens with one attached hydrogen (secondary N) is 1. The molecule has 27 heavy (non-hydrogen) atoms. The summed E-state index contributed by atoms with van der Waals surface area (Å²) in [5, 5.41) is 2.76. The fourth-order valence-corrected chi connectivity index (χ4v) is 2.36. The second kappa shape index (κ2) is 9.66. The molecule has 0 aliphatic rings. The molecule has 1 unspecified atom stereocenters. The van der Waals surface area contributed by atoms with Crippen molar-refractivity contribution in [2.75, 3.05) is 6.61 Å². The van der Waals surface area contributed by atoms with Gasteiger partial charge in [-0.3, -0.25) is 4.79 Å². The maximum absolute atomic E-state index is 12.9. The number of halogens is 3. The van der Waals surface area contributed by atoms with E-state index in [1.54, 1.807) is 26.0 Å². The van der Waals surface area contributed by atoms with Gasteiger partial charge < -0.3 is 14.8 Å². The van der Waals surface area contributed by atoms with Gasteiger partial charge in [0, 0.05) is 6.08 Å². The third-order valence-corrected chi connectivity index (χ3v) is 3.64. The summed E-state index contributed by atoms with van der Waals surface area (Å²) in [5.41, 5.74) is 1.36. The Balaban J connectivity index is 2.04. The molecule has 2 rings (SSSR count). The van der Waals surface area contributed by atoms with Crippen LogP contribution < -0.4 is 14.8 Å². The lowest BCUT2D eigenvalue weighted by molar-refractivity contribution is -0.117. The number of carbonyl (C=O) groups excluding carboxylic acids is 1. The molecule has 2 aromatic carbocycles. The Bertz CT molecular complexity index is 792. The molecule has 0 saturated carbocycles. The van der Waals surface area contributed by atoms with Crippen LogP contribution in [0.1, 0.15) is 31.0 Å². The van der Waals surface area contributed by atoms with Gasteiger partial charge in [-0.1, -0.05) is 18.2 Å². The van der Waals surface area contributed by atoms with Gasteiger partial charge in [0.25, 0.3) is 0 Å². The largest absolute Gasteiger partial charge is 0.490 e. The normalized spacial score (nSPS) is 12.2. The van der Waals surface area contributed by atoms with Crippen LogP contribution in [-0.2, 0) is 4.79 Å². The quantitative estimate of drug-likeness (QED) is 0.676. The Morgan fingerprint density at radius 2 is 1.85 bits per heavy atom. The highest BCUT2D eigenvalue weighted by Crippen LogP contribution is 2.30. The summed E-state index contributed by atoms with van der Waals surface area (Å²) in [6.07, 6.45) is 2.85. The minimum absolute atomic E-state index is 0.0709. The molecule has 1 amide bonds. The number of hydrogen-bond donors (Lipinski definition) is 1. The van der Waals surface area contributed by atoms with Crippen LogP contribution in [0.5, 0.6) is 11.5 Å². The summed E-state index contributed by atoms with van der Waals surface area (Å²) in [7, 11) is 0. The van der Waals surface area contributed by atoms with Crippen LogP contribution in [0, 0.1) is 5.82 Å². The van der Waals surface area contributed by atoms with E-state index in [2.05, 4.69) is 10.1 Å². The van der Waals surface area contributed by atoms with Crippen molar-refractivity contribution in [1.29, 1.82) is 0 Å². The number of amides is 1. The van der Waals surface area contributed by atoms with Crippen LogP contribution in [0.2, 0.25) is 0 Å². The second-order valence-electron chi connectivity index (χ2n) is 5.63. The summed E-state index contributed by atoms with van der Waals surface area (Å²) in [6.45, 7) is 0.827. The van der Waals surface area contributed by atoms with Crippen molar-refractivity contribution in [2.45, 2.75) is 26.5 Å². The lowest BCUT2D eigenvalue weighted by Gasteiger charge is -2.13. The Labute approximate surface area is 155 Å². The van der Waals surface area contributed by atoms with E-state index in [-0.39, 0.29) is 35.9 Å². The van der Waals surface area contributed by atoms with E-state index in [1.807, 2.05) is 0 Å². The first kappa shape index (κ1) is 20.4. The molecule has 4 nitrogen and oxygen atoms in total. The highest BCUT2D eigenvalue weighted by atomic mass is 19.3. The lowest BCUT2D eigenvalue weighted by Crippen LogP contribution is -2.24. The van der Waals surface area contributed by atoms with Crippen LogP contribution in [0.25, 0.3) is 6.08 Å². The Hall–Kier alpha value is -2.96. The van der Waals surface area contributed by atoms with Gasteiger partial charge in [-0.2, -0.15) is 8.78 Å². The van der Waals surface area contributed by atoms with E-state index >= 15 is 0 Å². The number of benzene rings is 2. The molecule has 1 N–H and O–H groups in total. The molecule has 0 radical (unpaired) electrons. The van der Waals surface area contributed by atoms with Gasteiger partial charge in [0.1, 0.15) is 5.82 Å². The predicted octanol–water partition coefficient (Wildman–Crippen LogP) is 4.72. The molecular weight excluding hydrogens is 359 g/mol. The summed E-state index contributed by atoms with van der Waals surface area (Å²) in [4.78, 5) is 12.1. The van der Waals surface area contributed by atoms with Crippen LogP contribution in [0.4, 0.5) is 13.2 Å². The topological polar surface area (TPSA) is 47.6 Å². The molecule has 0 saturated heterocycles. The first-order valence-corrected chi connectivity index (χ1v) is 8.34. The predicted molar refractivity (Wildman–Crippen MR) is 96.2 cm³/mol. The van der Waals surface area contributed by atoms with Crippen molar-refractivity contribution in [3.63, 3.8) is 0 Å². The zero-order chi connectivity index (χ0) is 19.8. The van der Waals surface area contributed by atoms with Crippen molar-refractivity contribution in [3.8, 4) is 11.5 Å². The van der Waals surface area contributed by atoms with E-state index in [1.165, 1.54) is 42.5 Å². The molecule has 1 atom stereocenters.